The van der Waals surface area contributed by atoms with Crippen LogP contribution in [0, 0.1) is 11.3 Å². The van der Waals surface area contributed by atoms with E-state index in [1.54, 1.807) is 0 Å². The van der Waals surface area contributed by atoms with Gasteiger partial charge >= 0.3 is 0 Å². The fourth-order valence-electron chi connectivity index (χ4n) is 3.26. The summed E-state index contributed by atoms with van der Waals surface area (Å²) in [6.07, 6.45) is 6.48. The highest BCUT2D eigenvalue weighted by Gasteiger charge is 2.45. The summed E-state index contributed by atoms with van der Waals surface area (Å²) in [5.74, 6) is 0.854. The second-order valence-corrected chi connectivity index (χ2v) is 6.45. The summed E-state index contributed by atoms with van der Waals surface area (Å²) in [6, 6.07) is 10.5. The average Bonchev–Trinajstić information content (AvgIpc) is 3.25. The molecule has 20 heavy (non-hydrogen) atoms. The highest BCUT2D eigenvalue weighted by Crippen LogP contribution is 2.44. The molecule has 2 fully saturated rings. The third-order valence-electron chi connectivity index (χ3n) is 4.94. The summed E-state index contributed by atoms with van der Waals surface area (Å²) in [5.41, 5.74) is 6.89. The van der Waals surface area contributed by atoms with Gasteiger partial charge in [-0.3, -0.25) is 4.79 Å². The molecule has 2 saturated carbocycles. The SMILES string of the molecule is NCC(NC(=O)C1(Cc2ccccc2)CCC1)C1CC1. The van der Waals surface area contributed by atoms with Crippen LogP contribution in [0.5, 0.6) is 0 Å². The number of nitrogens with one attached hydrogen (secondary N) is 1. The fraction of sp³-hybridized carbons (Fsp3) is 0.588. The van der Waals surface area contributed by atoms with Crippen LogP contribution in [0.2, 0.25) is 0 Å². The van der Waals surface area contributed by atoms with Crippen molar-refractivity contribution in [3.05, 3.63) is 35.9 Å². The molecule has 0 spiro atoms. The molecule has 1 atom stereocenters. The minimum absolute atomic E-state index is 0.177. The first-order valence-corrected chi connectivity index (χ1v) is 7.78. The van der Waals surface area contributed by atoms with Gasteiger partial charge in [0.05, 0.1) is 5.41 Å². The third-order valence-corrected chi connectivity index (χ3v) is 4.94. The van der Waals surface area contributed by atoms with Crippen LogP contribution < -0.4 is 11.1 Å². The monoisotopic (exact) mass is 272 g/mol. The molecule has 0 bridgehead atoms. The predicted octanol–water partition coefficient (Wildman–Crippen LogP) is 2.25. The summed E-state index contributed by atoms with van der Waals surface area (Å²) in [6.45, 7) is 0.567. The van der Waals surface area contributed by atoms with E-state index in [9.17, 15) is 4.79 Å². The molecule has 2 aliphatic carbocycles. The molecule has 1 aromatic rings. The number of benzene rings is 1. The van der Waals surface area contributed by atoms with Gasteiger partial charge in [-0.05, 0) is 43.6 Å². The first-order chi connectivity index (χ1) is 9.73. The van der Waals surface area contributed by atoms with E-state index in [4.69, 9.17) is 5.73 Å². The maximum Gasteiger partial charge on any atom is 0.226 e. The van der Waals surface area contributed by atoms with Crippen molar-refractivity contribution in [2.75, 3.05) is 6.54 Å². The summed E-state index contributed by atoms with van der Waals surface area (Å²) in [4.78, 5) is 12.7. The normalized spacial score (nSPS) is 21.9. The predicted molar refractivity (Wildman–Crippen MR) is 80.1 cm³/mol. The number of hydrogen-bond donors (Lipinski definition) is 2. The van der Waals surface area contributed by atoms with Crippen LogP contribution in [0.1, 0.15) is 37.7 Å². The lowest BCUT2D eigenvalue weighted by atomic mass is 9.64. The number of carbonyl (C=O) groups is 1. The van der Waals surface area contributed by atoms with Gasteiger partial charge in [0.25, 0.3) is 0 Å². The highest BCUT2D eigenvalue weighted by atomic mass is 16.2. The number of carbonyl (C=O) groups excluding carboxylic acids is 1. The maximum absolute atomic E-state index is 12.7. The van der Waals surface area contributed by atoms with Crippen LogP contribution in [0.3, 0.4) is 0 Å². The molecule has 3 nitrogen and oxygen atoms in total. The molecule has 1 unspecified atom stereocenters. The Kier molecular flexibility index (Phi) is 3.79. The molecular weight excluding hydrogens is 248 g/mol. The molecule has 3 heteroatoms. The van der Waals surface area contributed by atoms with Gasteiger partial charge < -0.3 is 11.1 Å². The van der Waals surface area contributed by atoms with Crippen LogP contribution >= 0.6 is 0 Å². The molecule has 0 heterocycles. The second kappa shape index (κ2) is 5.57. The average molecular weight is 272 g/mol. The van der Waals surface area contributed by atoms with E-state index >= 15 is 0 Å². The van der Waals surface area contributed by atoms with Crippen LogP contribution in [0.15, 0.2) is 30.3 Å². The Morgan fingerprint density at radius 1 is 1.30 bits per heavy atom. The summed E-state index contributed by atoms with van der Waals surface area (Å²) in [5, 5.41) is 3.23. The van der Waals surface area contributed by atoms with E-state index in [-0.39, 0.29) is 17.4 Å². The number of amides is 1. The van der Waals surface area contributed by atoms with Crippen LogP contribution in [-0.2, 0) is 11.2 Å². The molecule has 1 amide bonds. The minimum Gasteiger partial charge on any atom is -0.351 e. The van der Waals surface area contributed by atoms with Gasteiger partial charge in [-0.15, -0.1) is 0 Å². The zero-order valence-electron chi connectivity index (χ0n) is 12.0. The number of rotatable bonds is 6. The van der Waals surface area contributed by atoms with Crippen molar-refractivity contribution in [3.8, 4) is 0 Å². The van der Waals surface area contributed by atoms with E-state index < -0.39 is 0 Å². The van der Waals surface area contributed by atoms with Crippen LogP contribution in [-0.4, -0.2) is 18.5 Å². The molecule has 2 aliphatic rings. The van der Waals surface area contributed by atoms with Crippen molar-refractivity contribution in [1.29, 1.82) is 0 Å². The van der Waals surface area contributed by atoms with Gasteiger partial charge in [-0.25, -0.2) is 0 Å². The van der Waals surface area contributed by atoms with E-state index in [1.165, 1.54) is 18.4 Å². The van der Waals surface area contributed by atoms with E-state index in [0.29, 0.717) is 12.5 Å². The lowest BCUT2D eigenvalue weighted by Gasteiger charge is -2.41. The molecule has 108 valence electrons. The highest BCUT2D eigenvalue weighted by molar-refractivity contribution is 5.84. The van der Waals surface area contributed by atoms with Crippen molar-refractivity contribution in [1.82, 2.24) is 5.32 Å². The van der Waals surface area contributed by atoms with Gasteiger partial charge in [0.15, 0.2) is 0 Å². The molecule has 1 aromatic carbocycles. The molecular formula is C17H24N2O. The topological polar surface area (TPSA) is 55.1 Å². The standard InChI is InChI=1S/C17H24N2O/c18-12-15(14-7-8-14)19-16(20)17(9-4-10-17)11-13-5-2-1-3-6-13/h1-3,5-6,14-15H,4,7-12,18H2,(H,19,20). The summed E-state index contributed by atoms with van der Waals surface area (Å²) >= 11 is 0. The van der Waals surface area contributed by atoms with Crippen molar-refractivity contribution in [3.63, 3.8) is 0 Å². The number of nitrogens with two attached hydrogens (primary N) is 1. The molecule has 0 saturated heterocycles. The number of hydrogen-bond acceptors (Lipinski definition) is 2. The third kappa shape index (κ3) is 2.73. The van der Waals surface area contributed by atoms with Crippen LogP contribution in [0.25, 0.3) is 0 Å². The van der Waals surface area contributed by atoms with Gasteiger partial charge in [0, 0.05) is 12.6 Å². The summed E-state index contributed by atoms with van der Waals surface area (Å²) < 4.78 is 0. The molecule has 3 N–H and O–H groups in total. The lowest BCUT2D eigenvalue weighted by molar-refractivity contribution is -0.136. The van der Waals surface area contributed by atoms with Gasteiger partial charge in [0.2, 0.25) is 5.91 Å². The Morgan fingerprint density at radius 2 is 2.00 bits per heavy atom. The zero-order chi connectivity index (χ0) is 14.0. The Balaban J connectivity index is 1.66. The molecule has 3 rings (SSSR count). The molecule has 0 aromatic heterocycles. The fourth-order valence-corrected chi connectivity index (χ4v) is 3.26. The molecule has 0 aliphatic heterocycles. The van der Waals surface area contributed by atoms with Crippen molar-refractivity contribution in [2.45, 2.75) is 44.6 Å². The zero-order valence-corrected chi connectivity index (χ0v) is 12.0. The molecule has 0 radical (unpaired) electrons. The maximum atomic E-state index is 12.7. The Labute approximate surface area is 120 Å². The second-order valence-electron chi connectivity index (χ2n) is 6.45. The largest absolute Gasteiger partial charge is 0.351 e. The smallest absolute Gasteiger partial charge is 0.226 e. The van der Waals surface area contributed by atoms with Crippen LogP contribution in [0.4, 0.5) is 0 Å². The van der Waals surface area contributed by atoms with E-state index in [0.717, 1.165) is 25.7 Å². The van der Waals surface area contributed by atoms with Gasteiger partial charge in [-0.2, -0.15) is 0 Å². The van der Waals surface area contributed by atoms with Crippen molar-refractivity contribution >= 4 is 5.91 Å². The first-order valence-electron chi connectivity index (χ1n) is 7.78. The van der Waals surface area contributed by atoms with Gasteiger partial charge in [0.1, 0.15) is 0 Å². The summed E-state index contributed by atoms with van der Waals surface area (Å²) in [7, 11) is 0. The van der Waals surface area contributed by atoms with E-state index in [2.05, 4.69) is 17.4 Å². The van der Waals surface area contributed by atoms with E-state index in [1.807, 2.05) is 18.2 Å². The Morgan fingerprint density at radius 3 is 2.50 bits per heavy atom. The minimum atomic E-state index is -0.177. The Hall–Kier alpha value is -1.35. The lowest BCUT2D eigenvalue weighted by Crippen LogP contribution is -2.52. The first kappa shape index (κ1) is 13.6. The van der Waals surface area contributed by atoms with Gasteiger partial charge in [-0.1, -0.05) is 36.8 Å². The van der Waals surface area contributed by atoms with Crippen molar-refractivity contribution < 1.29 is 4.79 Å². The Bertz CT molecular complexity index is 463. The van der Waals surface area contributed by atoms with Crippen molar-refractivity contribution in [2.24, 2.45) is 17.1 Å². The quantitative estimate of drug-likeness (QED) is 0.834.